The predicted molar refractivity (Wildman–Crippen MR) is 75.0 cm³/mol. The van der Waals surface area contributed by atoms with Gasteiger partial charge in [-0.2, -0.15) is 0 Å². The van der Waals surface area contributed by atoms with E-state index < -0.39 is 22.3 Å². The van der Waals surface area contributed by atoms with Gasteiger partial charge in [0.25, 0.3) is 5.91 Å². The van der Waals surface area contributed by atoms with Gasteiger partial charge in [0.1, 0.15) is 0 Å². The highest BCUT2D eigenvalue weighted by Crippen LogP contribution is 2.29. The number of nitro groups is 1. The van der Waals surface area contributed by atoms with Crippen LogP contribution in [0.3, 0.4) is 0 Å². The van der Waals surface area contributed by atoms with Crippen LogP contribution in [0, 0.1) is 17.0 Å². The van der Waals surface area contributed by atoms with E-state index >= 15 is 0 Å². The van der Waals surface area contributed by atoms with Crippen molar-refractivity contribution in [2.45, 2.75) is 13.5 Å². The molecule has 0 radical (unpaired) electrons. The number of para-hydroxylation sites is 1. The van der Waals surface area contributed by atoms with E-state index in [1.165, 1.54) is 23.5 Å². The standard InChI is InChI=1S/C13H12N2O4S/c1-8-5-6-20-11(8)7-14-13(17)9-3-2-4-10(12(9)16)15(18)19/h2-6,16H,7H2,1H3,(H,14,17). The van der Waals surface area contributed by atoms with Gasteiger partial charge >= 0.3 is 5.69 Å². The van der Waals surface area contributed by atoms with Gasteiger partial charge < -0.3 is 10.4 Å². The fraction of sp³-hybridized carbons (Fsp3) is 0.154. The van der Waals surface area contributed by atoms with Gasteiger partial charge in [-0.25, -0.2) is 0 Å². The first-order valence-corrected chi connectivity index (χ1v) is 6.66. The third-order valence-electron chi connectivity index (χ3n) is 2.83. The Hall–Kier alpha value is -2.41. The maximum Gasteiger partial charge on any atom is 0.311 e. The number of thiophene rings is 1. The molecule has 104 valence electrons. The quantitative estimate of drug-likeness (QED) is 0.669. The summed E-state index contributed by atoms with van der Waals surface area (Å²) in [5.74, 6) is -1.16. The molecule has 0 aliphatic carbocycles. The van der Waals surface area contributed by atoms with Crippen molar-refractivity contribution in [3.63, 3.8) is 0 Å². The fourth-order valence-corrected chi connectivity index (χ4v) is 2.55. The molecule has 7 heteroatoms. The summed E-state index contributed by atoms with van der Waals surface area (Å²) in [5, 5.41) is 25.0. The average molecular weight is 292 g/mol. The highest BCUT2D eigenvalue weighted by atomic mass is 32.1. The number of nitrogens with zero attached hydrogens (tertiary/aromatic N) is 1. The number of hydrogen-bond acceptors (Lipinski definition) is 5. The largest absolute Gasteiger partial charge is 0.502 e. The molecule has 0 aliphatic heterocycles. The molecule has 0 saturated carbocycles. The average Bonchev–Trinajstić information content (AvgIpc) is 2.81. The Bertz CT molecular complexity index is 666. The van der Waals surface area contributed by atoms with Crippen molar-refractivity contribution in [1.82, 2.24) is 5.32 Å². The zero-order chi connectivity index (χ0) is 14.7. The van der Waals surface area contributed by atoms with Gasteiger partial charge in [-0.1, -0.05) is 6.07 Å². The number of aryl methyl sites for hydroxylation is 1. The first kappa shape index (κ1) is 14.0. The second kappa shape index (κ2) is 5.70. The number of carbonyl (C=O) groups excluding carboxylic acids is 1. The van der Waals surface area contributed by atoms with Crippen molar-refractivity contribution in [3.8, 4) is 5.75 Å². The lowest BCUT2D eigenvalue weighted by molar-refractivity contribution is -0.385. The summed E-state index contributed by atoms with van der Waals surface area (Å²) >= 11 is 1.51. The number of hydrogen-bond donors (Lipinski definition) is 2. The van der Waals surface area contributed by atoms with Gasteiger partial charge in [-0.15, -0.1) is 11.3 Å². The van der Waals surface area contributed by atoms with Crippen LogP contribution in [0.5, 0.6) is 5.75 Å². The van der Waals surface area contributed by atoms with E-state index in [4.69, 9.17) is 0 Å². The Kier molecular flexibility index (Phi) is 3.99. The Labute approximate surface area is 118 Å². The summed E-state index contributed by atoms with van der Waals surface area (Å²) in [6.45, 7) is 2.26. The van der Waals surface area contributed by atoms with Crippen LogP contribution >= 0.6 is 11.3 Å². The third kappa shape index (κ3) is 2.77. The second-order valence-electron chi connectivity index (χ2n) is 4.14. The molecule has 0 fully saturated rings. The molecule has 1 heterocycles. The molecule has 2 aromatic rings. The molecule has 2 rings (SSSR count). The van der Waals surface area contributed by atoms with Crippen LogP contribution in [-0.2, 0) is 6.54 Å². The predicted octanol–water partition coefficient (Wildman–Crippen LogP) is 2.60. The Morgan fingerprint density at radius 1 is 1.45 bits per heavy atom. The van der Waals surface area contributed by atoms with Crippen LogP contribution in [0.25, 0.3) is 0 Å². The van der Waals surface area contributed by atoms with Crippen LogP contribution in [0.2, 0.25) is 0 Å². The highest BCUT2D eigenvalue weighted by Gasteiger charge is 2.20. The minimum Gasteiger partial charge on any atom is -0.502 e. The number of benzene rings is 1. The van der Waals surface area contributed by atoms with Crippen molar-refractivity contribution in [2.24, 2.45) is 0 Å². The third-order valence-corrected chi connectivity index (χ3v) is 3.86. The van der Waals surface area contributed by atoms with Gasteiger partial charge in [-0.05, 0) is 30.0 Å². The molecule has 2 N–H and O–H groups in total. The van der Waals surface area contributed by atoms with E-state index in [0.717, 1.165) is 16.5 Å². The van der Waals surface area contributed by atoms with Crippen LogP contribution in [0.1, 0.15) is 20.8 Å². The zero-order valence-electron chi connectivity index (χ0n) is 10.6. The lowest BCUT2D eigenvalue weighted by Crippen LogP contribution is -2.22. The van der Waals surface area contributed by atoms with E-state index in [-0.39, 0.29) is 5.56 Å². The molecule has 6 nitrogen and oxygen atoms in total. The van der Waals surface area contributed by atoms with E-state index in [1.807, 2.05) is 18.4 Å². The van der Waals surface area contributed by atoms with E-state index in [1.54, 1.807) is 0 Å². The number of aromatic hydroxyl groups is 1. The summed E-state index contributed by atoms with van der Waals surface area (Å²) in [7, 11) is 0. The number of rotatable bonds is 4. The van der Waals surface area contributed by atoms with Crippen molar-refractivity contribution in [2.75, 3.05) is 0 Å². The van der Waals surface area contributed by atoms with E-state index in [0.29, 0.717) is 6.54 Å². The lowest BCUT2D eigenvalue weighted by Gasteiger charge is -2.06. The van der Waals surface area contributed by atoms with Gasteiger partial charge in [-0.3, -0.25) is 14.9 Å². The van der Waals surface area contributed by atoms with Gasteiger partial charge in [0.15, 0.2) is 0 Å². The summed E-state index contributed by atoms with van der Waals surface area (Å²) in [6, 6.07) is 5.80. The Morgan fingerprint density at radius 3 is 2.80 bits per heavy atom. The zero-order valence-corrected chi connectivity index (χ0v) is 11.4. The summed E-state index contributed by atoms with van der Waals surface area (Å²) < 4.78 is 0. The number of phenols is 1. The smallest absolute Gasteiger partial charge is 0.311 e. The highest BCUT2D eigenvalue weighted by molar-refractivity contribution is 7.10. The maximum atomic E-state index is 12.0. The Morgan fingerprint density at radius 2 is 2.20 bits per heavy atom. The number of nitro benzene ring substituents is 1. The lowest BCUT2D eigenvalue weighted by atomic mass is 10.1. The molecule has 0 unspecified atom stereocenters. The number of phenolic OH excluding ortho intramolecular Hbond substituents is 1. The number of amides is 1. The van der Waals surface area contributed by atoms with Crippen molar-refractivity contribution < 1.29 is 14.8 Å². The van der Waals surface area contributed by atoms with E-state index in [2.05, 4.69) is 5.32 Å². The van der Waals surface area contributed by atoms with Crippen LogP contribution in [0.15, 0.2) is 29.6 Å². The van der Waals surface area contributed by atoms with Gasteiger partial charge in [0.2, 0.25) is 5.75 Å². The minimum absolute atomic E-state index is 0.103. The first-order valence-electron chi connectivity index (χ1n) is 5.78. The van der Waals surface area contributed by atoms with Gasteiger partial charge in [0.05, 0.1) is 17.0 Å². The normalized spacial score (nSPS) is 10.2. The van der Waals surface area contributed by atoms with Crippen LogP contribution in [-0.4, -0.2) is 15.9 Å². The molecule has 1 aromatic heterocycles. The molecule has 0 aliphatic rings. The van der Waals surface area contributed by atoms with E-state index in [9.17, 15) is 20.0 Å². The maximum absolute atomic E-state index is 12.0. The molecule has 0 spiro atoms. The summed E-state index contributed by atoms with van der Waals surface area (Å²) in [6.07, 6.45) is 0. The monoisotopic (exact) mass is 292 g/mol. The molecule has 0 atom stereocenters. The van der Waals surface area contributed by atoms with Crippen molar-refractivity contribution in [1.29, 1.82) is 0 Å². The fourth-order valence-electron chi connectivity index (χ4n) is 1.70. The second-order valence-corrected chi connectivity index (χ2v) is 5.14. The first-order chi connectivity index (χ1) is 9.50. The van der Waals surface area contributed by atoms with Crippen LogP contribution in [0.4, 0.5) is 5.69 Å². The molecule has 0 saturated heterocycles. The number of carbonyl (C=O) groups is 1. The summed E-state index contributed by atoms with van der Waals surface area (Å²) in [5.41, 5.74) is 0.483. The van der Waals surface area contributed by atoms with Gasteiger partial charge in [0, 0.05) is 10.9 Å². The van der Waals surface area contributed by atoms with Crippen molar-refractivity contribution >= 4 is 22.9 Å². The molecular formula is C13H12N2O4S. The minimum atomic E-state index is -0.727. The molecular weight excluding hydrogens is 280 g/mol. The molecule has 1 aromatic carbocycles. The molecule has 0 bridgehead atoms. The molecule has 20 heavy (non-hydrogen) atoms. The Balaban J connectivity index is 2.16. The topological polar surface area (TPSA) is 92.5 Å². The number of nitrogens with one attached hydrogen (secondary N) is 1. The summed E-state index contributed by atoms with van der Waals surface area (Å²) in [4.78, 5) is 22.9. The molecule has 1 amide bonds. The van der Waals surface area contributed by atoms with Crippen molar-refractivity contribution in [3.05, 3.63) is 55.8 Å². The SMILES string of the molecule is Cc1ccsc1CNC(=O)c1cccc([N+](=O)[O-])c1O. The van der Waals surface area contributed by atoms with Crippen LogP contribution < -0.4 is 5.32 Å².